The Bertz CT molecular complexity index is 667. The second kappa shape index (κ2) is 8.90. The minimum Gasteiger partial charge on any atom is -0.338 e. The number of urea groups is 1. The molecule has 1 aromatic heterocycles. The van der Waals surface area contributed by atoms with Crippen LogP contribution in [0.25, 0.3) is 0 Å². The number of carbonyl (C=O) groups excluding carboxylic acids is 1. The molecule has 0 aliphatic rings. The molecule has 0 saturated heterocycles. The Kier molecular flexibility index (Phi) is 6.60. The lowest BCUT2D eigenvalue weighted by molar-refractivity contribution is 0.239. The average molecular weight is 337 g/mol. The number of aromatic nitrogens is 1. The van der Waals surface area contributed by atoms with Gasteiger partial charge in [0.05, 0.1) is 0 Å². The van der Waals surface area contributed by atoms with Crippen LogP contribution in [0.2, 0.25) is 0 Å². The summed E-state index contributed by atoms with van der Waals surface area (Å²) in [5.74, 6) is -1.97. The van der Waals surface area contributed by atoms with E-state index in [1.54, 1.807) is 24.5 Å². The summed E-state index contributed by atoms with van der Waals surface area (Å²) in [5, 5.41) is 5.03. The number of halogens is 3. The van der Waals surface area contributed by atoms with Crippen LogP contribution in [0.1, 0.15) is 17.0 Å². The van der Waals surface area contributed by atoms with Crippen LogP contribution in [-0.4, -0.2) is 30.8 Å². The molecule has 0 aliphatic carbocycles. The van der Waals surface area contributed by atoms with Gasteiger partial charge in [-0.2, -0.15) is 0 Å². The van der Waals surface area contributed by atoms with Crippen LogP contribution >= 0.6 is 0 Å². The maximum Gasteiger partial charge on any atom is 0.314 e. The Morgan fingerprint density at radius 3 is 2.50 bits per heavy atom. The van der Waals surface area contributed by atoms with E-state index < -0.39 is 24.3 Å². The maximum absolute atomic E-state index is 13.4. The van der Waals surface area contributed by atoms with E-state index in [4.69, 9.17) is 0 Å². The first-order valence-corrected chi connectivity index (χ1v) is 7.51. The summed E-state index contributed by atoms with van der Waals surface area (Å²) in [4.78, 5) is 15.5. The number of benzene rings is 1. The summed E-state index contributed by atoms with van der Waals surface area (Å²) in [7, 11) is 0. The summed E-state index contributed by atoms with van der Waals surface area (Å²) >= 11 is 0. The van der Waals surface area contributed by atoms with Gasteiger partial charge < -0.3 is 10.6 Å². The van der Waals surface area contributed by atoms with E-state index in [2.05, 4.69) is 15.6 Å². The molecule has 1 aromatic carbocycles. The zero-order valence-corrected chi connectivity index (χ0v) is 12.9. The van der Waals surface area contributed by atoms with Crippen molar-refractivity contribution in [2.75, 3.05) is 19.8 Å². The molecule has 24 heavy (non-hydrogen) atoms. The van der Waals surface area contributed by atoms with Gasteiger partial charge in [0, 0.05) is 31.4 Å². The summed E-state index contributed by atoms with van der Waals surface area (Å²) in [5.41, 5.74) is 1.52. The first-order chi connectivity index (χ1) is 11.6. The number of hydrogen-bond donors (Lipinski definition) is 2. The van der Waals surface area contributed by atoms with Crippen molar-refractivity contribution in [1.29, 1.82) is 0 Å². The van der Waals surface area contributed by atoms with Gasteiger partial charge in [0.1, 0.15) is 6.67 Å². The number of carbonyl (C=O) groups is 1. The van der Waals surface area contributed by atoms with Gasteiger partial charge in [-0.05, 0) is 41.8 Å². The van der Waals surface area contributed by atoms with Crippen molar-refractivity contribution in [2.45, 2.75) is 12.3 Å². The minimum absolute atomic E-state index is 0.0606. The van der Waals surface area contributed by atoms with Crippen LogP contribution in [0, 0.1) is 11.6 Å². The second-order valence-corrected chi connectivity index (χ2v) is 5.26. The van der Waals surface area contributed by atoms with Gasteiger partial charge in [0.15, 0.2) is 11.6 Å². The fourth-order valence-corrected chi connectivity index (χ4v) is 2.33. The van der Waals surface area contributed by atoms with Crippen molar-refractivity contribution >= 4 is 6.03 Å². The molecular weight excluding hydrogens is 319 g/mol. The predicted molar refractivity (Wildman–Crippen MR) is 84.4 cm³/mol. The Morgan fingerprint density at radius 2 is 1.83 bits per heavy atom. The Balaban J connectivity index is 2.08. The first-order valence-electron chi connectivity index (χ1n) is 7.51. The SMILES string of the molecule is O=C(NCCF)NCC(Cc1ccc(F)c(F)c1)c1ccncc1. The molecule has 0 saturated carbocycles. The van der Waals surface area contributed by atoms with E-state index >= 15 is 0 Å². The second-order valence-electron chi connectivity index (χ2n) is 5.26. The number of alkyl halides is 1. The third-order valence-electron chi connectivity index (χ3n) is 3.53. The molecule has 128 valence electrons. The van der Waals surface area contributed by atoms with Gasteiger partial charge in [-0.25, -0.2) is 18.0 Å². The Hall–Kier alpha value is -2.57. The van der Waals surface area contributed by atoms with Gasteiger partial charge in [0.25, 0.3) is 0 Å². The van der Waals surface area contributed by atoms with E-state index in [1.165, 1.54) is 6.07 Å². The smallest absolute Gasteiger partial charge is 0.314 e. The topological polar surface area (TPSA) is 54.0 Å². The summed E-state index contributed by atoms with van der Waals surface area (Å²) < 4.78 is 38.5. The molecule has 0 aliphatic heterocycles. The Labute approximate surface area is 138 Å². The highest BCUT2D eigenvalue weighted by Gasteiger charge is 2.15. The average Bonchev–Trinajstić information content (AvgIpc) is 2.60. The molecule has 1 atom stereocenters. The monoisotopic (exact) mass is 337 g/mol. The molecule has 2 aromatic rings. The van der Waals surface area contributed by atoms with Gasteiger partial charge >= 0.3 is 6.03 Å². The summed E-state index contributed by atoms with van der Waals surface area (Å²) in [6, 6.07) is 6.85. The number of rotatable bonds is 7. The van der Waals surface area contributed by atoms with Crippen molar-refractivity contribution in [3.8, 4) is 0 Å². The lowest BCUT2D eigenvalue weighted by Gasteiger charge is -2.18. The third-order valence-corrected chi connectivity index (χ3v) is 3.53. The van der Waals surface area contributed by atoms with Crippen LogP contribution in [0.4, 0.5) is 18.0 Å². The number of pyridine rings is 1. The fourth-order valence-electron chi connectivity index (χ4n) is 2.33. The largest absolute Gasteiger partial charge is 0.338 e. The van der Waals surface area contributed by atoms with E-state index in [-0.39, 0.29) is 19.0 Å². The third kappa shape index (κ3) is 5.26. The van der Waals surface area contributed by atoms with Crippen LogP contribution in [-0.2, 0) is 6.42 Å². The van der Waals surface area contributed by atoms with Crippen molar-refractivity contribution < 1.29 is 18.0 Å². The molecule has 2 rings (SSSR count). The first kappa shape index (κ1) is 17.8. The molecule has 0 spiro atoms. The molecular formula is C17H18F3N3O. The zero-order valence-electron chi connectivity index (χ0n) is 12.9. The molecule has 0 bridgehead atoms. The highest BCUT2D eigenvalue weighted by molar-refractivity contribution is 5.73. The molecule has 0 radical (unpaired) electrons. The van der Waals surface area contributed by atoms with Gasteiger partial charge in [-0.3, -0.25) is 4.98 Å². The number of nitrogens with zero attached hydrogens (tertiary/aromatic N) is 1. The van der Waals surface area contributed by atoms with E-state index in [9.17, 15) is 18.0 Å². The summed E-state index contributed by atoms with van der Waals surface area (Å²) in [6.45, 7) is -0.438. The molecule has 1 heterocycles. The number of hydrogen-bond acceptors (Lipinski definition) is 2. The number of nitrogens with one attached hydrogen (secondary N) is 2. The zero-order chi connectivity index (χ0) is 17.4. The number of amides is 2. The highest BCUT2D eigenvalue weighted by atomic mass is 19.2. The fraction of sp³-hybridized carbons (Fsp3) is 0.294. The van der Waals surface area contributed by atoms with Crippen LogP contribution < -0.4 is 10.6 Å². The van der Waals surface area contributed by atoms with E-state index in [0.717, 1.165) is 17.7 Å². The lowest BCUT2D eigenvalue weighted by atomic mass is 9.92. The summed E-state index contributed by atoms with van der Waals surface area (Å²) in [6.07, 6.45) is 3.65. The minimum atomic E-state index is -0.908. The predicted octanol–water partition coefficient (Wildman–Crippen LogP) is 2.95. The standard InChI is InChI=1S/C17H18F3N3O/c18-5-8-22-17(24)23-11-14(13-3-6-21-7-4-13)9-12-1-2-15(19)16(20)10-12/h1-4,6-7,10,14H,5,8-9,11H2,(H2,22,23,24). The Morgan fingerprint density at radius 1 is 1.08 bits per heavy atom. The molecule has 2 N–H and O–H groups in total. The van der Waals surface area contributed by atoms with E-state index in [0.29, 0.717) is 12.0 Å². The van der Waals surface area contributed by atoms with Crippen molar-refractivity contribution in [1.82, 2.24) is 15.6 Å². The van der Waals surface area contributed by atoms with Crippen molar-refractivity contribution in [3.63, 3.8) is 0 Å². The van der Waals surface area contributed by atoms with Gasteiger partial charge in [0.2, 0.25) is 0 Å². The van der Waals surface area contributed by atoms with Crippen molar-refractivity contribution in [2.24, 2.45) is 0 Å². The van der Waals surface area contributed by atoms with E-state index in [1.807, 2.05) is 0 Å². The molecule has 1 unspecified atom stereocenters. The molecule has 4 nitrogen and oxygen atoms in total. The van der Waals surface area contributed by atoms with Gasteiger partial charge in [-0.1, -0.05) is 6.07 Å². The maximum atomic E-state index is 13.4. The molecule has 7 heteroatoms. The van der Waals surface area contributed by atoms with Crippen LogP contribution in [0.3, 0.4) is 0 Å². The highest BCUT2D eigenvalue weighted by Crippen LogP contribution is 2.21. The molecule has 0 fully saturated rings. The quantitative estimate of drug-likeness (QED) is 0.816. The normalized spacial score (nSPS) is 11.8. The lowest BCUT2D eigenvalue weighted by Crippen LogP contribution is -2.39. The molecule has 2 amide bonds. The van der Waals surface area contributed by atoms with Crippen LogP contribution in [0.5, 0.6) is 0 Å². The van der Waals surface area contributed by atoms with Crippen LogP contribution in [0.15, 0.2) is 42.7 Å². The van der Waals surface area contributed by atoms with Crippen molar-refractivity contribution in [3.05, 3.63) is 65.5 Å². The van der Waals surface area contributed by atoms with Gasteiger partial charge in [-0.15, -0.1) is 0 Å².